The molecular weight excluding hydrogens is 174 g/mol. The molecule has 0 aliphatic heterocycles. The van der Waals surface area contributed by atoms with Crippen LogP contribution < -0.4 is 0 Å². The van der Waals surface area contributed by atoms with Gasteiger partial charge in [0.05, 0.1) is 12.0 Å². The maximum Gasteiger partial charge on any atom is 0.357 e. The summed E-state index contributed by atoms with van der Waals surface area (Å²) in [6.07, 6.45) is 0. The molecule has 0 spiro atoms. The fourth-order valence-corrected chi connectivity index (χ4v) is 1.69. The summed E-state index contributed by atoms with van der Waals surface area (Å²) < 4.78 is 4.43. The van der Waals surface area contributed by atoms with Gasteiger partial charge in [-0.25, -0.2) is 4.79 Å². The largest absolute Gasteiger partial charge is 0.464 e. The topological polar surface area (TPSA) is 50.2 Å². The fourth-order valence-electron chi connectivity index (χ4n) is 0.824. The molecule has 12 heavy (non-hydrogen) atoms. The van der Waals surface area contributed by atoms with Gasteiger partial charge in [-0.05, 0) is 23.9 Å². The third kappa shape index (κ3) is 1.53. The molecule has 1 aromatic heterocycles. The number of rotatable bonds is 2. The molecule has 0 saturated heterocycles. The van der Waals surface area contributed by atoms with Crippen LogP contribution in [0.5, 0.6) is 0 Å². The van der Waals surface area contributed by atoms with Crippen molar-refractivity contribution in [3.63, 3.8) is 0 Å². The minimum Gasteiger partial charge on any atom is -0.464 e. The van der Waals surface area contributed by atoms with Gasteiger partial charge >= 0.3 is 5.97 Å². The zero-order chi connectivity index (χ0) is 9.14. The molecule has 0 aliphatic carbocycles. The zero-order valence-electron chi connectivity index (χ0n) is 6.88. The fraction of sp³-hybridized carbons (Fsp3) is 0.250. The lowest BCUT2D eigenvalue weighted by Gasteiger charge is -1.99. The number of ether oxygens (including phenoxy) is 1. The van der Waals surface area contributed by atoms with Crippen molar-refractivity contribution in [2.75, 3.05) is 7.11 Å². The van der Waals surface area contributed by atoms with Crippen LogP contribution >= 0.6 is 11.3 Å². The monoisotopic (exact) mass is 183 g/mol. The Morgan fingerprint density at radius 3 is 2.75 bits per heavy atom. The summed E-state index contributed by atoms with van der Waals surface area (Å²) in [4.78, 5) is 11.6. The first-order valence-electron chi connectivity index (χ1n) is 3.38. The minimum absolute atomic E-state index is 0.0648. The van der Waals surface area contributed by atoms with Crippen LogP contribution in [0.3, 0.4) is 0 Å². The molecule has 64 valence electrons. The first-order valence-corrected chi connectivity index (χ1v) is 4.26. The van der Waals surface area contributed by atoms with Gasteiger partial charge in [0, 0.05) is 0 Å². The maximum absolute atomic E-state index is 10.9. The third-order valence-electron chi connectivity index (χ3n) is 1.48. The molecule has 0 atom stereocenters. The van der Waals surface area contributed by atoms with Crippen LogP contribution in [0.1, 0.15) is 10.4 Å². The van der Waals surface area contributed by atoms with E-state index in [1.165, 1.54) is 18.4 Å². The molecule has 1 aromatic rings. The number of hydrogen-bond acceptors (Lipinski definition) is 4. The van der Waals surface area contributed by atoms with Gasteiger partial charge in [-0.1, -0.05) is 0 Å². The lowest BCUT2D eigenvalue weighted by Crippen LogP contribution is -2.15. The summed E-state index contributed by atoms with van der Waals surface area (Å²) in [5.74, 6) is -0.583. The Labute approximate surface area is 74.5 Å². The van der Waals surface area contributed by atoms with Crippen LogP contribution in [-0.2, 0) is 9.53 Å². The molecule has 0 unspecified atom stereocenters. The van der Waals surface area contributed by atoms with Gasteiger partial charge in [-0.3, -0.25) is 5.41 Å². The Balaban J connectivity index is 2.93. The number of aryl methyl sites for hydroxylation is 1. The minimum atomic E-state index is -0.583. The third-order valence-corrected chi connectivity index (χ3v) is 2.51. The molecule has 0 bridgehead atoms. The van der Waals surface area contributed by atoms with Gasteiger partial charge in [0.25, 0.3) is 0 Å². The second-order valence-corrected chi connectivity index (χ2v) is 3.22. The first-order chi connectivity index (χ1) is 5.66. The summed E-state index contributed by atoms with van der Waals surface area (Å²) in [7, 11) is 1.28. The molecule has 0 fully saturated rings. The molecule has 1 heterocycles. The average Bonchev–Trinajstić information content (AvgIpc) is 2.48. The van der Waals surface area contributed by atoms with Crippen LogP contribution in [0.15, 0.2) is 11.4 Å². The molecule has 1 rings (SSSR count). The molecule has 0 aliphatic rings. The SMILES string of the molecule is COC(=O)C(=N)c1sccc1C. The van der Waals surface area contributed by atoms with Crippen molar-refractivity contribution in [1.29, 1.82) is 5.41 Å². The quantitative estimate of drug-likeness (QED) is 0.559. The van der Waals surface area contributed by atoms with Crippen LogP contribution in [0.4, 0.5) is 0 Å². The molecule has 3 nitrogen and oxygen atoms in total. The van der Waals surface area contributed by atoms with Gasteiger partial charge in [0.2, 0.25) is 0 Å². The maximum atomic E-state index is 10.9. The molecule has 1 N–H and O–H groups in total. The van der Waals surface area contributed by atoms with Gasteiger partial charge in [0.1, 0.15) is 0 Å². The Morgan fingerprint density at radius 2 is 2.33 bits per heavy atom. The summed E-state index contributed by atoms with van der Waals surface area (Å²) in [5.41, 5.74) is 0.875. The number of carbonyl (C=O) groups is 1. The molecule has 0 radical (unpaired) electrons. The summed E-state index contributed by atoms with van der Waals surface area (Å²) in [5, 5.41) is 9.28. The molecular formula is C8H9NO2S. The highest BCUT2D eigenvalue weighted by Crippen LogP contribution is 2.16. The Morgan fingerprint density at radius 1 is 1.67 bits per heavy atom. The van der Waals surface area contributed by atoms with E-state index in [9.17, 15) is 4.79 Å². The van der Waals surface area contributed by atoms with E-state index < -0.39 is 5.97 Å². The van der Waals surface area contributed by atoms with Gasteiger partial charge in [-0.15, -0.1) is 11.3 Å². The zero-order valence-corrected chi connectivity index (χ0v) is 7.70. The van der Waals surface area contributed by atoms with Crippen molar-refractivity contribution in [2.45, 2.75) is 6.92 Å². The molecule has 4 heteroatoms. The molecule has 0 amide bonds. The highest BCUT2D eigenvalue weighted by Gasteiger charge is 2.14. The number of nitrogens with one attached hydrogen (secondary N) is 1. The second-order valence-electron chi connectivity index (χ2n) is 2.30. The van der Waals surface area contributed by atoms with E-state index in [2.05, 4.69) is 4.74 Å². The predicted octanol–water partition coefficient (Wildman–Crippen LogP) is 1.60. The lowest BCUT2D eigenvalue weighted by molar-refractivity contribution is -0.132. The number of thiophene rings is 1. The lowest BCUT2D eigenvalue weighted by atomic mass is 10.2. The number of methoxy groups -OCH3 is 1. The second kappa shape index (κ2) is 3.49. The van der Waals surface area contributed by atoms with Crippen LogP contribution in [0.2, 0.25) is 0 Å². The molecule has 0 saturated carbocycles. The molecule has 0 aromatic carbocycles. The number of hydrogen-bond donors (Lipinski definition) is 1. The summed E-state index contributed by atoms with van der Waals surface area (Å²) in [6, 6.07) is 1.87. The van der Waals surface area contributed by atoms with Gasteiger partial charge < -0.3 is 4.74 Å². The van der Waals surface area contributed by atoms with Gasteiger partial charge in [0.15, 0.2) is 5.71 Å². The van der Waals surface area contributed by atoms with Crippen molar-refractivity contribution in [1.82, 2.24) is 0 Å². The van der Waals surface area contributed by atoms with Crippen LogP contribution in [-0.4, -0.2) is 18.8 Å². The smallest absolute Gasteiger partial charge is 0.357 e. The van der Waals surface area contributed by atoms with E-state index in [1.54, 1.807) is 0 Å². The average molecular weight is 183 g/mol. The van der Waals surface area contributed by atoms with Crippen molar-refractivity contribution in [2.24, 2.45) is 0 Å². The van der Waals surface area contributed by atoms with Crippen molar-refractivity contribution >= 4 is 23.0 Å². The summed E-state index contributed by atoms with van der Waals surface area (Å²) >= 11 is 1.38. The van der Waals surface area contributed by atoms with Crippen LogP contribution in [0.25, 0.3) is 0 Å². The first kappa shape index (κ1) is 8.93. The van der Waals surface area contributed by atoms with Crippen molar-refractivity contribution in [3.05, 3.63) is 21.9 Å². The van der Waals surface area contributed by atoms with E-state index in [1.807, 2.05) is 18.4 Å². The van der Waals surface area contributed by atoms with E-state index >= 15 is 0 Å². The van der Waals surface area contributed by atoms with E-state index in [0.717, 1.165) is 5.56 Å². The number of esters is 1. The number of carbonyl (C=O) groups excluding carboxylic acids is 1. The highest BCUT2D eigenvalue weighted by molar-refractivity contribution is 7.13. The normalized spacial score (nSPS) is 9.50. The van der Waals surface area contributed by atoms with Crippen LogP contribution in [0, 0.1) is 12.3 Å². The van der Waals surface area contributed by atoms with Crippen molar-refractivity contribution < 1.29 is 9.53 Å². The standard InChI is InChI=1S/C8H9NO2S/c1-5-3-4-12-7(5)6(9)8(10)11-2/h3-4,9H,1-2H3. The van der Waals surface area contributed by atoms with Gasteiger partial charge in [-0.2, -0.15) is 0 Å². The predicted molar refractivity (Wildman–Crippen MR) is 47.9 cm³/mol. The van der Waals surface area contributed by atoms with E-state index in [0.29, 0.717) is 4.88 Å². The highest BCUT2D eigenvalue weighted by atomic mass is 32.1. The van der Waals surface area contributed by atoms with E-state index in [-0.39, 0.29) is 5.71 Å². The summed E-state index contributed by atoms with van der Waals surface area (Å²) in [6.45, 7) is 1.86. The Bertz CT molecular complexity index is 317. The van der Waals surface area contributed by atoms with E-state index in [4.69, 9.17) is 5.41 Å². The van der Waals surface area contributed by atoms with Crippen molar-refractivity contribution in [3.8, 4) is 0 Å². The Hall–Kier alpha value is -1.16. The Kier molecular flexibility index (Phi) is 2.60.